The number of fused-ring (bicyclic) bond motifs is 1. The molecule has 0 aromatic carbocycles. The van der Waals surface area contributed by atoms with Crippen LogP contribution in [0, 0.1) is 0 Å². The maximum atomic E-state index is 12.2. The molecule has 7 nitrogen and oxygen atoms in total. The molecule has 0 unspecified atom stereocenters. The van der Waals surface area contributed by atoms with E-state index in [1.54, 1.807) is 0 Å². The Morgan fingerprint density at radius 2 is 1.91 bits per heavy atom. The van der Waals surface area contributed by atoms with Gasteiger partial charge in [-0.25, -0.2) is 4.79 Å². The molecule has 2 aromatic heterocycles. The van der Waals surface area contributed by atoms with Gasteiger partial charge in [-0.3, -0.25) is 19.6 Å². The fourth-order valence-electron chi connectivity index (χ4n) is 2.47. The summed E-state index contributed by atoms with van der Waals surface area (Å²) in [6.45, 7) is 3.42. The fraction of sp³-hybridized carbons (Fsp3) is 0.533. The molecular weight excluding hydrogens is 284 g/mol. The topological polar surface area (TPSA) is 91.0 Å². The number of hydrogen-bond donors (Lipinski definition) is 2. The van der Waals surface area contributed by atoms with Gasteiger partial charge in [0, 0.05) is 24.8 Å². The second kappa shape index (κ2) is 6.74. The largest absolute Gasteiger partial charge is 0.329 e. The molecule has 2 aromatic rings. The number of hydrogen-bond acceptors (Lipinski definition) is 4. The average molecular weight is 306 g/mol. The van der Waals surface area contributed by atoms with Gasteiger partial charge in [-0.2, -0.15) is 0 Å². The number of aryl methyl sites for hydroxylation is 1. The maximum Gasteiger partial charge on any atom is 0.327 e. The summed E-state index contributed by atoms with van der Waals surface area (Å²) in [7, 11) is 3.90. The fourth-order valence-corrected chi connectivity index (χ4v) is 2.47. The van der Waals surface area contributed by atoms with Gasteiger partial charge in [-0.15, -0.1) is 0 Å². The van der Waals surface area contributed by atoms with Gasteiger partial charge >= 0.3 is 5.69 Å². The van der Waals surface area contributed by atoms with E-state index in [0.29, 0.717) is 12.2 Å². The van der Waals surface area contributed by atoms with Gasteiger partial charge in [0.25, 0.3) is 5.56 Å². The SMILES string of the molecule is CCCCc1cc(=O)c2c(=O)[nH]c(=O)[nH]c2n1CCN(C)C. The highest BCUT2D eigenvalue weighted by molar-refractivity contribution is 5.73. The van der Waals surface area contributed by atoms with Crippen LogP contribution < -0.4 is 16.7 Å². The summed E-state index contributed by atoms with van der Waals surface area (Å²) < 4.78 is 1.88. The van der Waals surface area contributed by atoms with E-state index in [0.717, 1.165) is 31.5 Å². The van der Waals surface area contributed by atoms with Crippen molar-refractivity contribution in [1.82, 2.24) is 19.4 Å². The summed E-state index contributed by atoms with van der Waals surface area (Å²) in [5.41, 5.74) is -0.413. The predicted octanol–water partition coefficient (Wildman–Crippen LogP) is 0.282. The predicted molar refractivity (Wildman–Crippen MR) is 86.6 cm³/mol. The lowest BCUT2D eigenvalue weighted by molar-refractivity contribution is 0.382. The third-order valence-corrected chi connectivity index (χ3v) is 3.64. The first-order valence-corrected chi connectivity index (χ1v) is 7.47. The molecular formula is C15H22N4O3. The molecule has 0 spiro atoms. The van der Waals surface area contributed by atoms with E-state index in [1.807, 2.05) is 23.6 Å². The molecule has 2 N–H and O–H groups in total. The number of nitrogens with zero attached hydrogens (tertiary/aromatic N) is 2. The van der Waals surface area contributed by atoms with Crippen LogP contribution >= 0.6 is 0 Å². The van der Waals surface area contributed by atoms with Gasteiger partial charge in [-0.05, 0) is 26.9 Å². The van der Waals surface area contributed by atoms with Crippen LogP contribution in [0.2, 0.25) is 0 Å². The summed E-state index contributed by atoms with van der Waals surface area (Å²) in [5, 5.41) is 0.0126. The second-order valence-electron chi connectivity index (χ2n) is 5.69. The van der Waals surface area contributed by atoms with Crippen molar-refractivity contribution in [2.45, 2.75) is 32.7 Å². The van der Waals surface area contributed by atoms with Crippen LogP contribution in [-0.2, 0) is 13.0 Å². The molecule has 0 aliphatic carbocycles. The van der Waals surface area contributed by atoms with Gasteiger partial charge in [0.05, 0.1) is 0 Å². The molecule has 0 saturated carbocycles. The molecule has 0 atom stereocenters. The Balaban J connectivity index is 2.72. The third kappa shape index (κ3) is 3.36. The van der Waals surface area contributed by atoms with Crippen LogP contribution in [0.1, 0.15) is 25.5 Å². The van der Waals surface area contributed by atoms with Crippen molar-refractivity contribution in [3.8, 4) is 0 Å². The lowest BCUT2D eigenvalue weighted by Crippen LogP contribution is -2.31. The molecule has 2 rings (SSSR count). The van der Waals surface area contributed by atoms with Crippen molar-refractivity contribution in [2.75, 3.05) is 20.6 Å². The Kier molecular flexibility index (Phi) is 4.97. The monoisotopic (exact) mass is 306 g/mol. The summed E-state index contributed by atoms with van der Waals surface area (Å²) in [5.74, 6) is 0. The number of H-pyrrole nitrogens is 2. The standard InChI is InChI=1S/C15H22N4O3/c1-4-5-6-10-9-11(20)12-13(16-15(22)17-14(12)21)19(10)8-7-18(2)3/h9H,4-8H2,1-3H3,(H2,16,17,21,22). The Labute approximate surface area is 127 Å². The molecule has 22 heavy (non-hydrogen) atoms. The van der Waals surface area contributed by atoms with Gasteiger partial charge in [0.2, 0.25) is 0 Å². The molecule has 2 heterocycles. The zero-order valence-electron chi connectivity index (χ0n) is 13.2. The minimum atomic E-state index is -0.635. The van der Waals surface area contributed by atoms with Crippen molar-refractivity contribution in [2.24, 2.45) is 0 Å². The Morgan fingerprint density at radius 3 is 2.55 bits per heavy atom. The van der Waals surface area contributed by atoms with E-state index in [4.69, 9.17) is 0 Å². The summed E-state index contributed by atoms with van der Waals surface area (Å²) >= 11 is 0. The van der Waals surface area contributed by atoms with E-state index >= 15 is 0 Å². The van der Waals surface area contributed by atoms with Crippen LogP contribution in [0.25, 0.3) is 11.0 Å². The Hall–Kier alpha value is -2.15. The summed E-state index contributed by atoms with van der Waals surface area (Å²) in [6, 6.07) is 1.52. The highest BCUT2D eigenvalue weighted by Gasteiger charge is 2.13. The highest BCUT2D eigenvalue weighted by atomic mass is 16.2. The van der Waals surface area contributed by atoms with Crippen molar-refractivity contribution in [3.63, 3.8) is 0 Å². The summed E-state index contributed by atoms with van der Waals surface area (Å²) in [6.07, 6.45) is 2.69. The number of likely N-dealkylation sites (N-methyl/N-ethyl adjacent to an activating group) is 1. The lowest BCUT2D eigenvalue weighted by Gasteiger charge is -2.18. The van der Waals surface area contributed by atoms with Crippen LogP contribution in [0.3, 0.4) is 0 Å². The van der Waals surface area contributed by atoms with Gasteiger partial charge in [-0.1, -0.05) is 13.3 Å². The minimum Gasteiger partial charge on any atom is -0.329 e. The molecule has 120 valence electrons. The van der Waals surface area contributed by atoms with Crippen LogP contribution in [0.15, 0.2) is 20.4 Å². The first kappa shape index (κ1) is 16.2. The molecule has 0 saturated heterocycles. The number of rotatable bonds is 6. The minimum absolute atomic E-state index is 0.0126. The van der Waals surface area contributed by atoms with Gasteiger partial charge in [0.15, 0.2) is 5.43 Å². The number of unbranched alkanes of at least 4 members (excludes halogenated alkanes) is 1. The van der Waals surface area contributed by atoms with Crippen molar-refractivity contribution >= 4 is 11.0 Å². The molecule has 0 fully saturated rings. The zero-order chi connectivity index (χ0) is 16.3. The van der Waals surface area contributed by atoms with Crippen LogP contribution in [0.4, 0.5) is 0 Å². The average Bonchev–Trinajstić information content (AvgIpc) is 2.42. The quantitative estimate of drug-likeness (QED) is 0.802. The molecule has 0 amide bonds. The lowest BCUT2D eigenvalue weighted by atomic mass is 10.1. The van der Waals surface area contributed by atoms with E-state index in [2.05, 4.69) is 16.9 Å². The second-order valence-corrected chi connectivity index (χ2v) is 5.69. The van der Waals surface area contributed by atoms with Crippen LogP contribution in [0.5, 0.6) is 0 Å². The number of pyridine rings is 1. The maximum absolute atomic E-state index is 12.2. The number of aromatic amines is 2. The normalized spacial score (nSPS) is 11.5. The zero-order valence-corrected chi connectivity index (χ0v) is 13.2. The van der Waals surface area contributed by atoms with Crippen molar-refractivity contribution < 1.29 is 0 Å². The van der Waals surface area contributed by atoms with Crippen molar-refractivity contribution in [1.29, 1.82) is 0 Å². The van der Waals surface area contributed by atoms with Gasteiger partial charge in [0.1, 0.15) is 11.0 Å². The first-order chi connectivity index (χ1) is 10.4. The molecule has 0 radical (unpaired) electrons. The van der Waals surface area contributed by atoms with E-state index < -0.39 is 11.2 Å². The number of nitrogens with one attached hydrogen (secondary N) is 2. The van der Waals surface area contributed by atoms with E-state index in [-0.39, 0.29) is 10.8 Å². The number of aromatic nitrogens is 3. The smallest absolute Gasteiger partial charge is 0.327 e. The van der Waals surface area contributed by atoms with Gasteiger partial charge < -0.3 is 9.47 Å². The highest BCUT2D eigenvalue weighted by Crippen LogP contribution is 2.10. The molecule has 7 heteroatoms. The molecule has 0 bridgehead atoms. The third-order valence-electron chi connectivity index (χ3n) is 3.64. The summed E-state index contributed by atoms with van der Waals surface area (Å²) in [4.78, 5) is 42.5. The molecule has 0 aliphatic heterocycles. The molecule has 0 aliphatic rings. The van der Waals surface area contributed by atoms with Crippen molar-refractivity contribution in [3.05, 3.63) is 42.8 Å². The first-order valence-electron chi connectivity index (χ1n) is 7.47. The van der Waals surface area contributed by atoms with Crippen LogP contribution in [-0.4, -0.2) is 40.1 Å². The Bertz CT molecular complexity index is 829. The Morgan fingerprint density at radius 1 is 1.18 bits per heavy atom. The van der Waals surface area contributed by atoms with E-state index in [1.165, 1.54) is 6.07 Å². The van der Waals surface area contributed by atoms with E-state index in [9.17, 15) is 14.4 Å².